The number of aliphatic hydroxyl groups excluding tert-OH is 2. The number of aromatic nitrogens is 3. The minimum Gasteiger partial charge on any atom is -0.497 e. The first-order valence-corrected chi connectivity index (χ1v) is 12.4. The van der Waals surface area contributed by atoms with Gasteiger partial charge in [-0.2, -0.15) is 0 Å². The van der Waals surface area contributed by atoms with E-state index in [1.165, 1.54) is 24.1 Å². The van der Waals surface area contributed by atoms with Crippen LogP contribution in [0.15, 0.2) is 24.5 Å². The molecule has 1 aromatic carbocycles. The van der Waals surface area contributed by atoms with Crippen LogP contribution in [0.4, 0.5) is 0 Å². The van der Waals surface area contributed by atoms with E-state index in [9.17, 15) is 14.7 Å². The Kier molecular flexibility index (Phi) is 6.98. The number of methoxy groups -OCH3 is 1. The summed E-state index contributed by atoms with van der Waals surface area (Å²) in [6.07, 6.45) is 3.17. The minimum atomic E-state index is -0.952. The second-order valence-electron chi connectivity index (χ2n) is 9.62. The maximum absolute atomic E-state index is 13.4. The van der Waals surface area contributed by atoms with E-state index in [0.717, 1.165) is 5.56 Å². The normalized spacial score (nSPS) is 19.6. The number of nitrogens with one attached hydrogen (secondary N) is 2. The molecule has 1 aliphatic heterocycles. The van der Waals surface area contributed by atoms with Crippen LogP contribution in [0.5, 0.6) is 11.5 Å². The Morgan fingerprint density at radius 1 is 1.24 bits per heavy atom. The molecule has 4 N–H and O–H groups in total. The van der Waals surface area contributed by atoms with Gasteiger partial charge in [-0.3, -0.25) is 9.59 Å². The van der Waals surface area contributed by atoms with E-state index in [1.54, 1.807) is 14.0 Å². The summed E-state index contributed by atoms with van der Waals surface area (Å²) in [6, 6.07) is 5.02. The number of β-amino-alcohol motifs (C(OH)–C–C–N with tert-alkyl or cyclic N) is 1. The Hall–Kier alpha value is -3.70. The average molecular weight is 510 g/mol. The number of H-pyrrole nitrogens is 1. The van der Waals surface area contributed by atoms with Gasteiger partial charge in [0.1, 0.15) is 35.6 Å². The highest BCUT2D eigenvalue weighted by Crippen LogP contribution is 2.38. The van der Waals surface area contributed by atoms with Crippen molar-refractivity contribution in [1.82, 2.24) is 25.2 Å². The van der Waals surface area contributed by atoms with Crippen LogP contribution in [0.2, 0.25) is 0 Å². The molecule has 1 saturated heterocycles. The van der Waals surface area contributed by atoms with Gasteiger partial charge in [-0.05, 0) is 50.3 Å². The van der Waals surface area contributed by atoms with Gasteiger partial charge in [0.15, 0.2) is 0 Å². The zero-order valence-electron chi connectivity index (χ0n) is 20.9. The van der Waals surface area contributed by atoms with Crippen LogP contribution in [-0.2, 0) is 4.79 Å². The lowest BCUT2D eigenvalue weighted by molar-refractivity contribution is -0.137. The maximum Gasteiger partial charge on any atom is 0.255 e. The van der Waals surface area contributed by atoms with Gasteiger partial charge >= 0.3 is 0 Å². The van der Waals surface area contributed by atoms with E-state index in [0.29, 0.717) is 65.0 Å². The number of carbonyl (C=O) groups is 2. The molecule has 3 aromatic rings. The van der Waals surface area contributed by atoms with Gasteiger partial charge in [0.2, 0.25) is 5.91 Å². The Labute approximate surface area is 213 Å². The molecule has 0 unspecified atom stereocenters. The third kappa shape index (κ3) is 5.09. The predicted octanol–water partition coefficient (Wildman–Crippen LogP) is 1.41. The Bertz CT molecular complexity index is 1320. The first-order chi connectivity index (χ1) is 17.9. The topological polar surface area (TPSA) is 150 Å². The molecule has 2 atom stereocenters. The summed E-state index contributed by atoms with van der Waals surface area (Å²) < 4.78 is 11.6. The van der Waals surface area contributed by atoms with Gasteiger partial charge in [-0.1, -0.05) is 0 Å². The van der Waals surface area contributed by atoms with Crippen LogP contribution in [0.3, 0.4) is 0 Å². The van der Waals surface area contributed by atoms with Crippen LogP contribution >= 0.6 is 0 Å². The number of likely N-dealkylation sites (tertiary alicyclic amines) is 1. The number of amides is 2. The molecule has 2 amide bonds. The molecule has 2 fully saturated rings. The second kappa shape index (κ2) is 10.3. The lowest BCUT2D eigenvalue weighted by Crippen LogP contribution is -2.55. The third-order valence-electron chi connectivity index (χ3n) is 7.00. The van der Waals surface area contributed by atoms with Gasteiger partial charge in [-0.25, -0.2) is 9.97 Å². The Morgan fingerprint density at radius 3 is 2.76 bits per heavy atom. The number of rotatable bonds is 8. The number of benzene rings is 1. The SMILES string of the molecule is COc1ccc(OCC2CC2)c(-c2ncnc3c(C(=O)N[C@@H]4CCN(C(=O)CO)C[C@H]4O)c(C)[nH]c23)c1. The summed E-state index contributed by atoms with van der Waals surface area (Å²) in [5.74, 6) is 1.08. The zero-order valence-corrected chi connectivity index (χ0v) is 20.9. The number of fused-ring (bicyclic) bond motifs is 1. The zero-order chi connectivity index (χ0) is 26.1. The molecule has 3 heterocycles. The summed E-state index contributed by atoms with van der Waals surface area (Å²) in [4.78, 5) is 38.7. The predicted molar refractivity (Wildman–Crippen MR) is 134 cm³/mol. The van der Waals surface area contributed by atoms with Crippen molar-refractivity contribution >= 4 is 22.8 Å². The van der Waals surface area contributed by atoms with Gasteiger partial charge in [-0.15, -0.1) is 0 Å². The number of aliphatic hydroxyl groups is 2. The molecule has 1 aliphatic carbocycles. The van der Waals surface area contributed by atoms with Gasteiger partial charge in [0, 0.05) is 24.3 Å². The number of carbonyl (C=O) groups excluding carboxylic acids is 2. The van der Waals surface area contributed by atoms with Crippen LogP contribution in [0, 0.1) is 12.8 Å². The van der Waals surface area contributed by atoms with Crippen LogP contribution in [0.25, 0.3) is 22.3 Å². The summed E-state index contributed by atoms with van der Waals surface area (Å²) in [6.45, 7) is 2.19. The molecular weight excluding hydrogens is 478 g/mol. The van der Waals surface area contributed by atoms with Crippen molar-refractivity contribution in [2.24, 2.45) is 5.92 Å². The third-order valence-corrected chi connectivity index (χ3v) is 7.00. The second-order valence-corrected chi connectivity index (χ2v) is 9.62. The van der Waals surface area contributed by atoms with Gasteiger partial charge < -0.3 is 34.9 Å². The van der Waals surface area contributed by atoms with E-state index < -0.39 is 24.7 Å². The molecule has 0 radical (unpaired) electrons. The molecule has 196 valence electrons. The highest BCUT2D eigenvalue weighted by Gasteiger charge is 2.32. The van der Waals surface area contributed by atoms with Gasteiger partial charge in [0.05, 0.1) is 36.9 Å². The maximum atomic E-state index is 13.4. The molecule has 1 saturated carbocycles. The number of hydrogen-bond donors (Lipinski definition) is 4. The fourth-order valence-electron chi connectivity index (χ4n) is 4.71. The molecule has 0 bridgehead atoms. The van der Waals surface area contributed by atoms with Crippen molar-refractivity contribution in [3.05, 3.63) is 35.8 Å². The number of aromatic amines is 1. The van der Waals surface area contributed by atoms with Crippen molar-refractivity contribution in [3.63, 3.8) is 0 Å². The number of ether oxygens (including phenoxy) is 2. The molecule has 2 aliphatic rings. The number of nitrogens with zero attached hydrogens (tertiary/aromatic N) is 3. The highest BCUT2D eigenvalue weighted by atomic mass is 16.5. The van der Waals surface area contributed by atoms with Crippen molar-refractivity contribution in [3.8, 4) is 22.8 Å². The Balaban J connectivity index is 1.44. The fraction of sp³-hybridized carbons (Fsp3) is 0.462. The largest absolute Gasteiger partial charge is 0.497 e. The number of piperidine rings is 1. The molecule has 37 heavy (non-hydrogen) atoms. The fourth-order valence-corrected chi connectivity index (χ4v) is 4.71. The molecule has 5 rings (SSSR count). The van der Waals surface area contributed by atoms with Crippen molar-refractivity contribution in [1.29, 1.82) is 0 Å². The molecular formula is C26H31N5O6. The van der Waals surface area contributed by atoms with Crippen LogP contribution < -0.4 is 14.8 Å². The molecule has 11 nitrogen and oxygen atoms in total. The summed E-state index contributed by atoms with van der Waals surface area (Å²) in [5, 5.41) is 22.5. The Morgan fingerprint density at radius 2 is 2.05 bits per heavy atom. The number of hydrogen-bond acceptors (Lipinski definition) is 8. The minimum absolute atomic E-state index is 0.0446. The first kappa shape index (κ1) is 25.0. The van der Waals surface area contributed by atoms with Crippen LogP contribution in [0.1, 0.15) is 35.3 Å². The van der Waals surface area contributed by atoms with E-state index in [-0.39, 0.29) is 12.5 Å². The van der Waals surface area contributed by atoms with Crippen LogP contribution in [-0.4, -0.2) is 87.4 Å². The van der Waals surface area contributed by atoms with Crippen molar-refractivity contribution in [2.75, 3.05) is 33.4 Å². The van der Waals surface area contributed by atoms with E-state index in [2.05, 4.69) is 20.3 Å². The molecule has 11 heteroatoms. The highest BCUT2D eigenvalue weighted by molar-refractivity contribution is 6.09. The quantitative estimate of drug-likeness (QED) is 0.356. The summed E-state index contributed by atoms with van der Waals surface area (Å²) in [7, 11) is 1.60. The van der Waals surface area contributed by atoms with E-state index in [4.69, 9.17) is 14.6 Å². The lowest BCUT2D eigenvalue weighted by Gasteiger charge is -2.36. The average Bonchev–Trinajstić information content (AvgIpc) is 3.67. The monoisotopic (exact) mass is 509 g/mol. The summed E-state index contributed by atoms with van der Waals surface area (Å²) >= 11 is 0. The van der Waals surface area contributed by atoms with Crippen molar-refractivity contribution < 1.29 is 29.3 Å². The number of aryl methyl sites for hydroxylation is 1. The standard InChI is InChI=1S/C26H31N5O6/c1-14-22(26(35)30-18-7-8-31(10-19(18)33)21(34)11-32)24-25(29-14)23(27-13-28-24)17-9-16(36-2)5-6-20(17)37-12-15-3-4-15/h5-6,9,13,15,18-19,29,32-33H,3-4,7-8,10-12H2,1-2H3,(H,30,35)/t18-,19-/m1/s1. The lowest BCUT2D eigenvalue weighted by atomic mass is 10.0. The molecule has 0 spiro atoms. The van der Waals surface area contributed by atoms with E-state index >= 15 is 0 Å². The van der Waals surface area contributed by atoms with Crippen molar-refractivity contribution in [2.45, 2.75) is 38.3 Å². The summed E-state index contributed by atoms with van der Waals surface area (Å²) in [5.41, 5.74) is 3.35. The van der Waals surface area contributed by atoms with E-state index in [1.807, 2.05) is 18.2 Å². The smallest absolute Gasteiger partial charge is 0.255 e. The molecule has 2 aromatic heterocycles. The van der Waals surface area contributed by atoms with Gasteiger partial charge in [0.25, 0.3) is 5.91 Å². The first-order valence-electron chi connectivity index (χ1n) is 12.4.